The van der Waals surface area contributed by atoms with Crippen LogP contribution < -0.4 is 14.8 Å². The lowest BCUT2D eigenvalue weighted by Gasteiger charge is -2.14. The van der Waals surface area contributed by atoms with Gasteiger partial charge in [-0.1, -0.05) is 0 Å². The summed E-state index contributed by atoms with van der Waals surface area (Å²) in [5.41, 5.74) is 0.902. The molecule has 0 atom stereocenters. The topological polar surface area (TPSA) is 84.5 Å². The summed E-state index contributed by atoms with van der Waals surface area (Å²) in [6.07, 6.45) is 0. The van der Waals surface area contributed by atoms with Crippen LogP contribution in [0.3, 0.4) is 0 Å². The van der Waals surface area contributed by atoms with Crippen molar-refractivity contribution in [1.82, 2.24) is 0 Å². The van der Waals surface area contributed by atoms with Gasteiger partial charge in [0, 0.05) is 18.7 Å². The Kier molecular flexibility index (Phi) is 5.08. The molecule has 0 radical (unpaired) electrons. The monoisotopic (exact) mass is 352 g/mol. The summed E-state index contributed by atoms with van der Waals surface area (Å²) in [7, 11) is -2.52. The molecule has 0 saturated carbocycles. The Bertz CT molecular complexity index is 882. The molecule has 2 N–H and O–H groups in total. The Morgan fingerprint density at radius 2 is 1.88 bits per heavy atom. The highest BCUT2D eigenvalue weighted by molar-refractivity contribution is 7.92. The quantitative estimate of drug-likeness (QED) is 0.866. The zero-order valence-corrected chi connectivity index (χ0v) is 14.2. The second-order valence-electron chi connectivity index (χ2n) is 5.11. The van der Waals surface area contributed by atoms with Gasteiger partial charge in [0.1, 0.15) is 11.6 Å². The van der Waals surface area contributed by atoms with Gasteiger partial charge in [-0.15, -0.1) is 0 Å². The Morgan fingerprint density at radius 3 is 2.46 bits per heavy atom. The van der Waals surface area contributed by atoms with Crippen LogP contribution in [-0.4, -0.2) is 21.4 Å². The van der Waals surface area contributed by atoms with Crippen molar-refractivity contribution in [1.29, 1.82) is 0 Å². The van der Waals surface area contributed by atoms with Gasteiger partial charge in [-0.2, -0.15) is 0 Å². The van der Waals surface area contributed by atoms with Gasteiger partial charge in [0.2, 0.25) is 5.91 Å². The fraction of sp³-hybridized carbons (Fsp3) is 0.188. The number of sulfonamides is 1. The number of ether oxygens (including phenoxy) is 1. The summed E-state index contributed by atoms with van der Waals surface area (Å²) in [5, 5.41) is 2.58. The van der Waals surface area contributed by atoms with Crippen molar-refractivity contribution in [2.24, 2.45) is 0 Å². The molecule has 0 fully saturated rings. The normalized spacial score (nSPS) is 11.0. The van der Waals surface area contributed by atoms with Crippen LogP contribution in [0.5, 0.6) is 5.75 Å². The number of methoxy groups -OCH3 is 1. The van der Waals surface area contributed by atoms with Crippen molar-refractivity contribution in [2.45, 2.75) is 18.7 Å². The lowest BCUT2D eigenvalue weighted by Crippen LogP contribution is -2.14. The summed E-state index contributed by atoms with van der Waals surface area (Å²) in [6.45, 7) is 2.84. The predicted octanol–water partition coefficient (Wildman–Crippen LogP) is 2.90. The molecule has 0 aliphatic carbocycles. The number of amides is 1. The van der Waals surface area contributed by atoms with Crippen molar-refractivity contribution >= 4 is 27.3 Å². The van der Waals surface area contributed by atoms with E-state index < -0.39 is 15.8 Å². The summed E-state index contributed by atoms with van der Waals surface area (Å²) in [5.74, 6) is -0.498. The Morgan fingerprint density at radius 1 is 1.17 bits per heavy atom. The van der Waals surface area contributed by atoms with Crippen LogP contribution in [0.2, 0.25) is 0 Å². The number of anilines is 2. The lowest BCUT2D eigenvalue weighted by molar-refractivity contribution is -0.114. The van der Waals surface area contributed by atoms with Crippen LogP contribution >= 0.6 is 0 Å². The summed E-state index contributed by atoms with van der Waals surface area (Å²) in [4.78, 5) is 11.0. The number of carbonyl (C=O) groups is 1. The highest BCUT2D eigenvalue weighted by atomic mass is 32.2. The lowest BCUT2D eigenvalue weighted by atomic mass is 10.2. The van der Waals surface area contributed by atoms with E-state index in [2.05, 4.69) is 10.0 Å². The molecule has 8 heteroatoms. The molecular weight excluding hydrogens is 335 g/mol. The largest absolute Gasteiger partial charge is 0.494 e. The SMILES string of the molecule is COc1cc(NC(C)=O)ccc1NS(=O)(=O)c1ccc(F)c(C)c1. The predicted molar refractivity (Wildman–Crippen MR) is 89.2 cm³/mol. The molecule has 0 spiro atoms. The molecule has 2 rings (SSSR count). The van der Waals surface area contributed by atoms with Crippen LogP contribution in [0, 0.1) is 12.7 Å². The number of halogens is 1. The molecule has 0 aromatic heterocycles. The molecule has 2 aromatic carbocycles. The van der Waals surface area contributed by atoms with Gasteiger partial charge in [0.05, 0.1) is 17.7 Å². The van der Waals surface area contributed by atoms with E-state index in [0.29, 0.717) is 5.69 Å². The zero-order chi connectivity index (χ0) is 17.9. The molecule has 6 nitrogen and oxygen atoms in total. The fourth-order valence-electron chi connectivity index (χ4n) is 2.04. The number of rotatable bonds is 5. The van der Waals surface area contributed by atoms with Crippen molar-refractivity contribution in [3.05, 3.63) is 47.8 Å². The molecule has 0 bridgehead atoms. The van der Waals surface area contributed by atoms with E-state index in [1.54, 1.807) is 0 Å². The average Bonchev–Trinajstić information content (AvgIpc) is 2.50. The van der Waals surface area contributed by atoms with Gasteiger partial charge in [-0.25, -0.2) is 12.8 Å². The molecule has 0 heterocycles. The third-order valence-electron chi connectivity index (χ3n) is 3.21. The zero-order valence-electron chi connectivity index (χ0n) is 13.4. The number of aryl methyl sites for hydroxylation is 1. The van der Waals surface area contributed by atoms with Crippen LogP contribution in [-0.2, 0) is 14.8 Å². The average molecular weight is 352 g/mol. The van der Waals surface area contributed by atoms with Crippen molar-refractivity contribution in [3.8, 4) is 5.75 Å². The maximum absolute atomic E-state index is 13.3. The molecule has 24 heavy (non-hydrogen) atoms. The van der Waals surface area contributed by atoms with E-state index in [1.807, 2.05) is 0 Å². The summed E-state index contributed by atoms with van der Waals surface area (Å²) < 4.78 is 45.7. The first-order valence-electron chi connectivity index (χ1n) is 6.97. The second kappa shape index (κ2) is 6.88. The van der Waals surface area contributed by atoms with Crippen LogP contribution in [0.4, 0.5) is 15.8 Å². The molecule has 0 unspecified atom stereocenters. The number of hydrogen-bond donors (Lipinski definition) is 2. The Balaban J connectivity index is 2.35. The fourth-order valence-corrected chi connectivity index (χ4v) is 3.20. The smallest absolute Gasteiger partial charge is 0.262 e. The van der Waals surface area contributed by atoms with Crippen molar-refractivity contribution < 1.29 is 22.3 Å². The van der Waals surface area contributed by atoms with Gasteiger partial charge in [-0.05, 0) is 42.8 Å². The van der Waals surface area contributed by atoms with Crippen molar-refractivity contribution in [2.75, 3.05) is 17.1 Å². The minimum absolute atomic E-state index is 0.0607. The van der Waals surface area contributed by atoms with Gasteiger partial charge in [0.25, 0.3) is 10.0 Å². The third-order valence-corrected chi connectivity index (χ3v) is 4.57. The van der Waals surface area contributed by atoms with E-state index in [0.717, 1.165) is 6.07 Å². The molecule has 0 aliphatic heterocycles. The second-order valence-corrected chi connectivity index (χ2v) is 6.80. The Hall–Kier alpha value is -2.61. The molecule has 0 saturated heterocycles. The van der Waals surface area contributed by atoms with E-state index in [1.165, 1.54) is 51.3 Å². The first-order valence-corrected chi connectivity index (χ1v) is 8.46. The maximum Gasteiger partial charge on any atom is 0.262 e. The van der Waals surface area contributed by atoms with Crippen LogP contribution in [0.1, 0.15) is 12.5 Å². The number of hydrogen-bond acceptors (Lipinski definition) is 4. The number of carbonyl (C=O) groups excluding carboxylic acids is 1. The molecular formula is C16H17FN2O4S. The van der Waals surface area contributed by atoms with Gasteiger partial charge >= 0.3 is 0 Å². The third kappa shape index (κ3) is 4.02. The van der Waals surface area contributed by atoms with E-state index in [4.69, 9.17) is 4.74 Å². The molecule has 0 aliphatic rings. The van der Waals surface area contributed by atoms with E-state index >= 15 is 0 Å². The standard InChI is InChI=1S/C16H17FN2O4S/c1-10-8-13(5-6-14(10)17)24(21,22)19-15-7-4-12(18-11(2)20)9-16(15)23-3/h4-9,19H,1-3H3,(H,18,20). The van der Waals surface area contributed by atoms with Gasteiger partial charge < -0.3 is 10.1 Å². The maximum atomic E-state index is 13.3. The minimum atomic E-state index is -3.91. The first-order chi connectivity index (χ1) is 11.2. The summed E-state index contributed by atoms with van der Waals surface area (Å²) in [6, 6.07) is 8.03. The summed E-state index contributed by atoms with van der Waals surface area (Å²) >= 11 is 0. The highest BCUT2D eigenvalue weighted by Gasteiger charge is 2.18. The first kappa shape index (κ1) is 17.7. The molecule has 2 aromatic rings. The van der Waals surface area contributed by atoms with E-state index in [-0.39, 0.29) is 27.8 Å². The highest BCUT2D eigenvalue weighted by Crippen LogP contribution is 2.30. The minimum Gasteiger partial charge on any atom is -0.494 e. The Labute approximate surface area is 139 Å². The molecule has 1 amide bonds. The van der Waals surface area contributed by atoms with E-state index in [9.17, 15) is 17.6 Å². The number of benzene rings is 2. The number of nitrogens with one attached hydrogen (secondary N) is 2. The van der Waals surface area contributed by atoms with Crippen molar-refractivity contribution in [3.63, 3.8) is 0 Å². The van der Waals surface area contributed by atoms with Gasteiger partial charge in [-0.3, -0.25) is 9.52 Å². The van der Waals surface area contributed by atoms with Crippen LogP contribution in [0.15, 0.2) is 41.3 Å². The van der Waals surface area contributed by atoms with Crippen LogP contribution in [0.25, 0.3) is 0 Å². The molecule has 128 valence electrons. The van der Waals surface area contributed by atoms with Gasteiger partial charge in [0.15, 0.2) is 0 Å².